The third-order valence-electron chi connectivity index (χ3n) is 3.71. The fourth-order valence-corrected chi connectivity index (χ4v) is 3.15. The number of fused-ring (bicyclic) bond motifs is 1. The van der Waals surface area contributed by atoms with Crippen LogP contribution in [0.25, 0.3) is 5.65 Å². The Bertz CT molecular complexity index is 992. The fraction of sp³-hybridized carbons (Fsp3) is 0.188. The average molecular weight is 398 g/mol. The lowest BCUT2D eigenvalue weighted by molar-refractivity contribution is 0.217. The number of amidine groups is 1. The molecule has 0 bridgehead atoms. The van der Waals surface area contributed by atoms with Gasteiger partial charge in [0.05, 0.1) is 16.8 Å². The first kappa shape index (κ1) is 18.4. The van der Waals surface area contributed by atoms with E-state index >= 15 is 0 Å². The van der Waals surface area contributed by atoms with Gasteiger partial charge in [-0.05, 0) is 19.1 Å². The zero-order valence-corrected chi connectivity index (χ0v) is 15.3. The van der Waals surface area contributed by atoms with Gasteiger partial charge < -0.3 is 4.74 Å². The third-order valence-corrected chi connectivity index (χ3v) is 4.43. The van der Waals surface area contributed by atoms with Gasteiger partial charge in [0.15, 0.2) is 11.5 Å². The number of aliphatic imine (C=N–C) groups is 1. The second kappa shape index (κ2) is 7.45. The summed E-state index contributed by atoms with van der Waals surface area (Å²) >= 11 is 12.1. The number of nitrogens with zero attached hydrogens (tertiary/aromatic N) is 4. The molecule has 0 saturated carbocycles. The van der Waals surface area contributed by atoms with Crippen molar-refractivity contribution in [1.82, 2.24) is 20.1 Å². The van der Waals surface area contributed by atoms with Crippen LogP contribution in [0.2, 0.25) is 10.0 Å². The van der Waals surface area contributed by atoms with E-state index in [1.807, 2.05) is 5.48 Å². The number of hydrogen-bond acceptors (Lipinski definition) is 5. The molecule has 2 heterocycles. The van der Waals surface area contributed by atoms with E-state index in [4.69, 9.17) is 33.1 Å². The Morgan fingerprint density at radius 1 is 1.38 bits per heavy atom. The topological polar surface area (TPSA) is 84.0 Å². The zero-order chi connectivity index (χ0) is 18.8. The highest BCUT2D eigenvalue weighted by Crippen LogP contribution is 2.34. The Hall–Kier alpha value is -2.42. The molecule has 136 valence electrons. The molecule has 0 aliphatic rings. The van der Waals surface area contributed by atoms with Crippen LogP contribution in [0.3, 0.4) is 0 Å². The number of aromatic nitrogens is 3. The number of benzene rings is 1. The Labute approximate surface area is 158 Å². The lowest BCUT2D eigenvalue weighted by Gasteiger charge is -2.17. The normalized spacial score (nSPS) is 13.1. The van der Waals surface area contributed by atoms with Gasteiger partial charge >= 0.3 is 0 Å². The molecule has 1 aromatic carbocycles. The average Bonchev–Trinajstić information content (AvgIpc) is 3.03. The molecular formula is C16H14Cl2FN5O2. The van der Waals surface area contributed by atoms with Crippen molar-refractivity contribution in [3.63, 3.8) is 0 Å². The molecule has 0 unspecified atom stereocenters. The predicted molar refractivity (Wildman–Crippen MR) is 95.8 cm³/mol. The van der Waals surface area contributed by atoms with Crippen LogP contribution in [0, 0.1) is 5.82 Å². The van der Waals surface area contributed by atoms with Crippen molar-refractivity contribution in [3.05, 3.63) is 57.6 Å². The Balaban J connectivity index is 1.97. The Kier molecular flexibility index (Phi) is 5.26. The number of halogens is 3. The second-order valence-corrected chi connectivity index (χ2v) is 6.08. The van der Waals surface area contributed by atoms with E-state index in [9.17, 15) is 4.39 Å². The summed E-state index contributed by atoms with van der Waals surface area (Å²) in [5.74, 6) is -0.133. The Morgan fingerprint density at radius 3 is 2.85 bits per heavy atom. The lowest BCUT2D eigenvalue weighted by atomic mass is 10.1. The number of hydroxylamine groups is 1. The molecule has 7 nitrogen and oxygen atoms in total. The van der Waals surface area contributed by atoms with Crippen LogP contribution >= 0.6 is 23.2 Å². The van der Waals surface area contributed by atoms with Gasteiger partial charge in [0, 0.05) is 29.9 Å². The molecule has 26 heavy (non-hydrogen) atoms. The summed E-state index contributed by atoms with van der Waals surface area (Å²) in [7, 11) is 1.51. The smallest absolute Gasteiger partial charge is 0.217 e. The number of ether oxygens (including phenoxy) is 1. The highest BCUT2D eigenvalue weighted by Gasteiger charge is 2.20. The van der Waals surface area contributed by atoms with Gasteiger partial charge in [0.25, 0.3) is 0 Å². The minimum absolute atomic E-state index is 0.0963. The summed E-state index contributed by atoms with van der Waals surface area (Å²) in [6.45, 7) is 1.68. The van der Waals surface area contributed by atoms with Gasteiger partial charge in [0.1, 0.15) is 11.9 Å². The molecular weight excluding hydrogens is 384 g/mol. The molecule has 10 heteroatoms. The number of rotatable bonds is 4. The summed E-state index contributed by atoms with van der Waals surface area (Å²) in [5, 5.41) is 13.5. The van der Waals surface area contributed by atoms with Gasteiger partial charge in [-0.1, -0.05) is 23.2 Å². The molecule has 0 amide bonds. The summed E-state index contributed by atoms with van der Waals surface area (Å²) < 4.78 is 21.0. The largest absolute Gasteiger partial charge is 0.470 e. The van der Waals surface area contributed by atoms with E-state index in [1.54, 1.807) is 19.2 Å². The van der Waals surface area contributed by atoms with E-state index in [0.717, 1.165) is 0 Å². The van der Waals surface area contributed by atoms with Crippen molar-refractivity contribution < 1.29 is 14.3 Å². The van der Waals surface area contributed by atoms with Crippen LogP contribution in [0.15, 0.2) is 35.6 Å². The number of nitrogens with one attached hydrogen (secondary N) is 1. The zero-order valence-electron chi connectivity index (χ0n) is 13.7. The molecule has 0 saturated heterocycles. The van der Waals surface area contributed by atoms with Crippen LogP contribution in [-0.2, 0) is 0 Å². The van der Waals surface area contributed by atoms with Crippen LogP contribution in [-0.4, -0.2) is 32.7 Å². The van der Waals surface area contributed by atoms with Crippen molar-refractivity contribution in [2.24, 2.45) is 4.99 Å². The standard InChI is InChI=1S/C16H14Cl2FN5O2/c1-8(13-10(17)3-4-11(19)14(13)18)26-12-5-6-24-16(22-12)9(7-21-24)15(20-2)23-25/h3-8,25H,1-2H3,(H,20,23)/t8-/m1/s1. The van der Waals surface area contributed by atoms with Crippen molar-refractivity contribution in [2.75, 3.05) is 7.05 Å². The minimum atomic E-state index is -0.651. The molecule has 0 spiro atoms. The maximum Gasteiger partial charge on any atom is 0.217 e. The van der Waals surface area contributed by atoms with Gasteiger partial charge in [-0.15, -0.1) is 0 Å². The second-order valence-electron chi connectivity index (χ2n) is 5.29. The van der Waals surface area contributed by atoms with Crippen molar-refractivity contribution in [3.8, 4) is 5.88 Å². The molecule has 3 rings (SSSR count). The molecule has 1 atom stereocenters. The predicted octanol–water partition coefficient (Wildman–Crippen LogP) is 3.67. The molecule has 2 N–H and O–H groups in total. The minimum Gasteiger partial charge on any atom is -0.470 e. The van der Waals surface area contributed by atoms with Crippen LogP contribution < -0.4 is 10.2 Å². The summed E-state index contributed by atoms with van der Waals surface area (Å²) in [6, 6.07) is 4.20. The molecule has 0 fully saturated rings. The molecule has 0 aliphatic heterocycles. The van der Waals surface area contributed by atoms with Gasteiger partial charge in [-0.25, -0.2) is 8.91 Å². The lowest BCUT2D eigenvalue weighted by Crippen LogP contribution is -2.20. The molecule has 2 aromatic heterocycles. The Morgan fingerprint density at radius 2 is 2.15 bits per heavy atom. The molecule has 3 aromatic rings. The van der Waals surface area contributed by atoms with Crippen molar-refractivity contribution >= 4 is 34.7 Å². The van der Waals surface area contributed by atoms with Crippen LogP contribution in [0.1, 0.15) is 24.2 Å². The van der Waals surface area contributed by atoms with Gasteiger partial charge in [-0.2, -0.15) is 10.1 Å². The quantitative estimate of drug-likeness (QED) is 0.303. The first-order valence-corrected chi connectivity index (χ1v) is 8.23. The van der Waals surface area contributed by atoms with Crippen LogP contribution in [0.5, 0.6) is 5.88 Å². The first-order valence-electron chi connectivity index (χ1n) is 7.48. The van der Waals surface area contributed by atoms with Gasteiger partial charge in [0.2, 0.25) is 5.88 Å². The monoisotopic (exact) mass is 397 g/mol. The van der Waals surface area contributed by atoms with Crippen molar-refractivity contribution in [1.29, 1.82) is 0 Å². The highest BCUT2D eigenvalue weighted by atomic mass is 35.5. The van der Waals surface area contributed by atoms with Crippen molar-refractivity contribution in [2.45, 2.75) is 13.0 Å². The van der Waals surface area contributed by atoms with Crippen LogP contribution in [0.4, 0.5) is 4.39 Å². The molecule has 0 aliphatic carbocycles. The van der Waals surface area contributed by atoms with E-state index in [0.29, 0.717) is 21.8 Å². The van der Waals surface area contributed by atoms with E-state index in [1.165, 1.54) is 29.9 Å². The molecule has 0 radical (unpaired) electrons. The van der Waals surface area contributed by atoms with Gasteiger partial charge in [-0.3, -0.25) is 15.7 Å². The van der Waals surface area contributed by atoms with E-state index < -0.39 is 11.9 Å². The number of hydrogen-bond donors (Lipinski definition) is 2. The third kappa shape index (κ3) is 3.31. The summed E-state index contributed by atoms with van der Waals surface area (Å²) in [6.07, 6.45) is 2.48. The summed E-state index contributed by atoms with van der Waals surface area (Å²) in [5.41, 5.74) is 3.21. The van der Waals surface area contributed by atoms with E-state index in [-0.39, 0.29) is 16.7 Å². The summed E-state index contributed by atoms with van der Waals surface area (Å²) in [4.78, 5) is 8.28. The first-order chi connectivity index (χ1) is 12.5. The van der Waals surface area contributed by atoms with E-state index in [2.05, 4.69) is 15.1 Å². The maximum atomic E-state index is 13.7. The highest BCUT2D eigenvalue weighted by molar-refractivity contribution is 6.36. The fourth-order valence-electron chi connectivity index (χ4n) is 2.47. The maximum absolute atomic E-state index is 13.7. The SMILES string of the molecule is CN=C(NO)c1cnn2ccc(O[C@H](C)c3c(Cl)ccc(F)c3Cl)nc12.